The van der Waals surface area contributed by atoms with Gasteiger partial charge in [0.1, 0.15) is 0 Å². The van der Waals surface area contributed by atoms with Gasteiger partial charge in [-0.15, -0.1) is 0 Å². The largest absolute Gasteiger partial charge is 0.280 e. The van der Waals surface area contributed by atoms with Crippen molar-refractivity contribution in [1.29, 1.82) is 0 Å². The third-order valence-corrected chi connectivity index (χ3v) is 4.29. The number of halogens is 3. The van der Waals surface area contributed by atoms with E-state index in [4.69, 9.17) is 11.6 Å². The molecule has 0 aliphatic carbocycles. The molecule has 0 fully saturated rings. The molecular formula is C10H9Br2ClO. The summed E-state index contributed by atoms with van der Waals surface area (Å²) in [5.41, 5.74) is 1.09. The van der Waals surface area contributed by atoms with Crippen molar-refractivity contribution in [2.75, 3.05) is 0 Å². The summed E-state index contributed by atoms with van der Waals surface area (Å²) in [7, 11) is 0. The molecule has 0 N–H and O–H groups in total. The van der Waals surface area contributed by atoms with Crippen molar-refractivity contribution in [1.82, 2.24) is 0 Å². The average Bonchev–Trinajstić information content (AvgIpc) is 2.16. The van der Waals surface area contributed by atoms with Crippen LogP contribution in [0.5, 0.6) is 0 Å². The van der Waals surface area contributed by atoms with Crippen molar-refractivity contribution in [3.8, 4) is 0 Å². The Bertz CT molecular complexity index is 323. The van der Waals surface area contributed by atoms with Crippen LogP contribution in [0.25, 0.3) is 0 Å². The molecule has 0 saturated heterocycles. The number of hydrogen-bond acceptors (Lipinski definition) is 1. The summed E-state index contributed by atoms with van der Waals surface area (Å²) in [6, 6.07) is 7.85. The van der Waals surface area contributed by atoms with Crippen LogP contribution in [0, 0.1) is 0 Å². The Morgan fingerprint density at radius 1 is 1.36 bits per heavy atom. The smallest absolute Gasteiger partial charge is 0.235 e. The molecule has 0 heterocycles. The first-order valence-corrected chi connectivity index (χ1v) is 6.20. The zero-order valence-electron chi connectivity index (χ0n) is 7.51. The van der Waals surface area contributed by atoms with E-state index in [1.54, 1.807) is 0 Å². The van der Waals surface area contributed by atoms with E-state index >= 15 is 0 Å². The Kier molecular flexibility index (Phi) is 4.61. The maximum atomic E-state index is 10.9. The third-order valence-electron chi connectivity index (χ3n) is 2.05. The maximum Gasteiger partial charge on any atom is 0.235 e. The van der Waals surface area contributed by atoms with Crippen molar-refractivity contribution >= 4 is 48.7 Å². The van der Waals surface area contributed by atoms with Crippen LogP contribution in [0.1, 0.15) is 18.4 Å². The second-order valence-corrected chi connectivity index (χ2v) is 5.32. The van der Waals surface area contributed by atoms with E-state index < -0.39 is 0 Å². The standard InChI is InChI=1S/C10H9Br2ClO/c1-6(9(12)10(13)14)7-2-4-8(11)5-3-7/h2-6,9H,1H3. The Labute approximate surface area is 105 Å². The SMILES string of the molecule is CC(c1ccc(Br)cc1)C(Br)C(=O)Cl. The van der Waals surface area contributed by atoms with Gasteiger partial charge in [0.15, 0.2) is 0 Å². The molecule has 14 heavy (non-hydrogen) atoms. The third kappa shape index (κ3) is 3.07. The summed E-state index contributed by atoms with van der Waals surface area (Å²) in [5.74, 6) is 0.0769. The average molecular weight is 340 g/mol. The fraction of sp³-hybridized carbons (Fsp3) is 0.300. The molecule has 0 aliphatic rings. The molecule has 76 valence electrons. The van der Waals surface area contributed by atoms with E-state index in [-0.39, 0.29) is 16.0 Å². The first-order chi connectivity index (χ1) is 6.52. The Morgan fingerprint density at radius 2 is 1.86 bits per heavy atom. The van der Waals surface area contributed by atoms with Gasteiger partial charge in [0.25, 0.3) is 0 Å². The van der Waals surface area contributed by atoms with E-state index in [1.165, 1.54) is 0 Å². The van der Waals surface area contributed by atoms with Gasteiger partial charge in [0, 0.05) is 10.4 Å². The maximum absolute atomic E-state index is 10.9. The molecule has 1 aromatic rings. The van der Waals surface area contributed by atoms with Gasteiger partial charge in [-0.25, -0.2) is 0 Å². The normalized spacial score (nSPS) is 14.9. The molecule has 0 amide bonds. The zero-order chi connectivity index (χ0) is 10.7. The molecule has 2 unspecified atom stereocenters. The zero-order valence-corrected chi connectivity index (χ0v) is 11.4. The number of carbonyl (C=O) groups excluding carboxylic acids is 1. The summed E-state index contributed by atoms with van der Waals surface area (Å²) >= 11 is 12.0. The van der Waals surface area contributed by atoms with Gasteiger partial charge in [0.2, 0.25) is 5.24 Å². The molecule has 0 aromatic heterocycles. The van der Waals surface area contributed by atoms with Crippen LogP contribution >= 0.6 is 43.5 Å². The number of alkyl halides is 1. The molecule has 0 spiro atoms. The van der Waals surface area contributed by atoms with Crippen molar-refractivity contribution < 1.29 is 4.79 Å². The summed E-state index contributed by atoms with van der Waals surface area (Å²) in [5, 5.41) is -0.361. The first-order valence-electron chi connectivity index (χ1n) is 4.11. The lowest BCUT2D eigenvalue weighted by molar-refractivity contribution is -0.111. The molecule has 1 aromatic carbocycles. The first kappa shape index (κ1) is 12.2. The molecular weight excluding hydrogens is 331 g/mol. The molecule has 0 bridgehead atoms. The van der Waals surface area contributed by atoms with Gasteiger partial charge >= 0.3 is 0 Å². The number of rotatable bonds is 3. The highest BCUT2D eigenvalue weighted by Crippen LogP contribution is 2.27. The van der Waals surface area contributed by atoms with E-state index in [0.29, 0.717) is 0 Å². The van der Waals surface area contributed by atoms with Crippen molar-refractivity contribution in [3.05, 3.63) is 34.3 Å². The Balaban J connectivity index is 2.84. The van der Waals surface area contributed by atoms with Crippen LogP contribution in [0.3, 0.4) is 0 Å². The highest BCUT2D eigenvalue weighted by atomic mass is 79.9. The fourth-order valence-corrected chi connectivity index (χ4v) is 1.89. The minimum Gasteiger partial charge on any atom is -0.280 e. The summed E-state index contributed by atoms with van der Waals surface area (Å²) in [6.45, 7) is 1.96. The summed E-state index contributed by atoms with van der Waals surface area (Å²) in [4.78, 5) is 10.6. The van der Waals surface area contributed by atoms with E-state index in [2.05, 4.69) is 31.9 Å². The topological polar surface area (TPSA) is 17.1 Å². The quantitative estimate of drug-likeness (QED) is 0.598. The molecule has 2 atom stereocenters. The fourth-order valence-electron chi connectivity index (χ4n) is 1.13. The predicted molar refractivity (Wildman–Crippen MR) is 66.1 cm³/mol. The van der Waals surface area contributed by atoms with Crippen LogP contribution in [0.4, 0.5) is 0 Å². The minimum absolute atomic E-state index is 0.0769. The molecule has 0 saturated carbocycles. The lowest BCUT2D eigenvalue weighted by Gasteiger charge is -2.14. The van der Waals surface area contributed by atoms with E-state index in [0.717, 1.165) is 10.0 Å². The second kappa shape index (κ2) is 5.29. The van der Waals surface area contributed by atoms with E-state index in [1.807, 2.05) is 31.2 Å². The lowest BCUT2D eigenvalue weighted by atomic mass is 9.99. The van der Waals surface area contributed by atoms with Gasteiger partial charge in [-0.05, 0) is 29.3 Å². The van der Waals surface area contributed by atoms with Crippen LogP contribution < -0.4 is 0 Å². The predicted octanol–water partition coefficient (Wildman–Crippen LogP) is 4.08. The van der Waals surface area contributed by atoms with E-state index in [9.17, 15) is 4.79 Å². The molecule has 1 nitrogen and oxygen atoms in total. The lowest BCUT2D eigenvalue weighted by Crippen LogP contribution is -2.15. The van der Waals surface area contributed by atoms with Crippen LogP contribution in [-0.2, 0) is 4.79 Å². The number of hydrogen-bond donors (Lipinski definition) is 0. The van der Waals surface area contributed by atoms with Crippen LogP contribution in [0.2, 0.25) is 0 Å². The van der Waals surface area contributed by atoms with Crippen molar-refractivity contribution in [2.45, 2.75) is 17.7 Å². The molecule has 0 aliphatic heterocycles. The second-order valence-electron chi connectivity index (χ2n) is 3.05. The summed E-state index contributed by atoms with van der Waals surface area (Å²) in [6.07, 6.45) is 0. The Morgan fingerprint density at radius 3 is 2.29 bits per heavy atom. The van der Waals surface area contributed by atoms with Gasteiger partial charge in [-0.2, -0.15) is 0 Å². The van der Waals surface area contributed by atoms with Crippen LogP contribution in [0.15, 0.2) is 28.7 Å². The van der Waals surface area contributed by atoms with Crippen molar-refractivity contribution in [3.63, 3.8) is 0 Å². The van der Waals surface area contributed by atoms with Gasteiger partial charge in [-0.1, -0.05) is 50.9 Å². The van der Waals surface area contributed by atoms with Gasteiger partial charge < -0.3 is 0 Å². The van der Waals surface area contributed by atoms with Crippen LogP contribution in [-0.4, -0.2) is 10.1 Å². The molecule has 1 rings (SSSR count). The number of benzene rings is 1. The number of carbonyl (C=O) groups is 1. The molecule has 0 radical (unpaired) electrons. The minimum atomic E-state index is -0.361. The summed E-state index contributed by atoms with van der Waals surface area (Å²) < 4.78 is 1.02. The van der Waals surface area contributed by atoms with Gasteiger partial charge in [0.05, 0.1) is 4.83 Å². The highest BCUT2D eigenvalue weighted by Gasteiger charge is 2.21. The highest BCUT2D eigenvalue weighted by molar-refractivity contribution is 9.10. The van der Waals surface area contributed by atoms with Crippen molar-refractivity contribution in [2.24, 2.45) is 0 Å². The van der Waals surface area contributed by atoms with Gasteiger partial charge in [-0.3, -0.25) is 4.79 Å². The monoisotopic (exact) mass is 338 g/mol. The molecule has 4 heteroatoms. The Hall–Kier alpha value is 0.140.